The summed E-state index contributed by atoms with van der Waals surface area (Å²) in [6, 6.07) is 15.9. The van der Waals surface area contributed by atoms with E-state index in [-0.39, 0.29) is 0 Å². The van der Waals surface area contributed by atoms with E-state index in [4.69, 9.17) is 4.98 Å². The molecule has 5 rings (SSSR count). The van der Waals surface area contributed by atoms with Crippen LogP contribution in [0.2, 0.25) is 0 Å². The van der Waals surface area contributed by atoms with Gasteiger partial charge in [-0.3, -0.25) is 4.40 Å². The number of H-pyrrole nitrogens is 1. The van der Waals surface area contributed by atoms with Gasteiger partial charge < -0.3 is 4.98 Å². The fourth-order valence-corrected chi connectivity index (χ4v) is 3.48. The van der Waals surface area contributed by atoms with Gasteiger partial charge in [-0.25, -0.2) is 9.97 Å². The van der Waals surface area contributed by atoms with Crippen molar-refractivity contribution in [3.05, 3.63) is 54.9 Å². The van der Waals surface area contributed by atoms with Gasteiger partial charge in [0.2, 0.25) is 0 Å². The number of nitrogens with one attached hydrogen (secondary N) is 1. The summed E-state index contributed by atoms with van der Waals surface area (Å²) in [5, 5.41) is 9.80. The van der Waals surface area contributed by atoms with E-state index >= 15 is 0 Å². The zero-order chi connectivity index (χ0) is 15.2. The average Bonchev–Trinajstić information content (AvgIpc) is 3.21. The van der Waals surface area contributed by atoms with Crippen LogP contribution in [-0.2, 0) is 0 Å². The van der Waals surface area contributed by atoms with Crippen molar-refractivity contribution in [2.24, 2.45) is 0 Å². The standard InChI is InChI=1S/C16H10N6S/c1-2-6-11-10(5-1)19-16(20-11)23-15-14-21-17-9-22(14)13-8-4-3-7-12(13)18-15/h1-9H,(H,19,20). The minimum Gasteiger partial charge on any atom is -0.333 e. The maximum absolute atomic E-state index is 4.72. The second-order valence-electron chi connectivity index (χ2n) is 5.09. The lowest BCUT2D eigenvalue weighted by molar-refractivity contribution is 1.05. The maximum Gasteiger partial charge on any atom is 0.194 e. The Hall–Kier alpha value is -2.93. The van der Waals surface area contributed by atoms with Gasteiger partial charge in [-0.2, -0.15) is 0 Å². The first-order chi connectivity index (χ1) is 11.4. The van der Waals surface area contributed by atoms with E-state index in [0.29, 0.717) is 0 Å². The molecule has 0 saturated carbocycles. The molecule has 3 heterocycles. The number of hydrogen-bond acceptors (Lipinski definition) is 5. The van der Waals surface area contributed by atoms with E-state index in [1.54, 1.807) is 6.33 Å². The number of aromatic amines is 1. The molecule has 5 aromatic rings. The molecule has 0 aliphatic rings. The molecule has 2 aromatic carbocycles. The number of fused-ring (bicyclic) bond motifs is 4. The Balaban J connectivity index is 1.70. The molecule has 110 valence electrons. The molecule has 7 heteroatoms. The van der Waals surface area contributed by atoms with Gasteiger partial charge in [0.25, 0.3) is 0 Å². The molecule has 0 bridgehead atoms. The zero-order valence-corrected chi connectivity index (χ0v) is 12.7. The van der Waals surface area contributed by atoms with Crippen molar-refractivity contribution >= 4 is 39.5 Å². The Morgan fingerprint density at radius 2 is 1.74 bits per heavy atom. The number of aromatic nitrogens is 6. The Labute approximate surface area is 134 Å². The van der Waals surface area contributed by atoms with Crippen LogP contribution < -0.4 is 0 Å². The van der Waals surface area contributed by atoms with Gasteiger partial charge in [0.1, 0.15) is 11.4 Å². The minimum atomic E-state index is 0.731. The molecule has 0 aliphatic carbocycles. The van der Waals surface area contributed by atoms with Crippen LogP contribution in [0, 0.1) is 0 Å². The van der Waals surface area contributed by atoms with Crippen LogP contribution in [0.25, 0.3) is 27.7 Å². The van der Waals surface area contributed by atoms with E-state index in [1.807, 2.05) is 52.9 Å². The molecule has 0 unspecified atom stereocenters. The molecule has 6 nitrogen and oxygen atoms in total. The van der Waals surface area contributed by atoms with Crippen molar-refractivity contribution in [2.45, 2.75) is 10.2 Å². The van der Waals surface area contributed by atoms with Crippen molar-refractivity contribution in [3.8, 4) is 0 Å². The molecule has 3 aromatic heterocycles. The van der Waals surface area contributed by atoms with Gasteiger partial charge in [-0.15, -0.1) is 10.2 Å². The highest BCUT2D eigenvalue weighted by molar-refractivity contribution is 7.99. The van der Waals surface area contributed by atoms with Crippen molar-refractivity contribution in [1.82, 2.24) is 29.5 Å². The second kappa shape index (κ2) is 4.79. The number of rotatable bonds is 2. The monoisotopic (exact) mass is 318 g/mol. The van der Waals surface area contributed by atoms with Crippen molar-refractivity contribution in [1.29, 1.82) is 0 Å². The van der Waals surface area contributed by atoms with E-state index in [1.165, 1.54) is 11.8 Å². The summed E-state index contributed by atoms with van der Waals surface area (Å²) >= 11 is 1.46. The van der Waals surface area contributed by atoms with Crippen LogP contribution >= 0.6 is 11.8 Å². The number of nitrogens with zero attached hydrogens (tertiary/aromatic N) is 5. The molecule has 0 fully saturated rings. The Bertz CT molecular complexity index is 1130. The quantitative estimate of drug-likeness (QED) is 0.540. The van der Waals surface area contributed by atoms with Gasteiger partial charge in [-0.1, -0.05) is 24.3 Å². The van der Waals surface area contributed by atoms with Gasteiger partial charge in [-0.05, 0) is 36.0 Å². The van der Waals surface area contributed by atoms with Gasteiger partial charge >= 0.3 is 0 Å². The number of imidazole rings is 1. The Morgan fingerprint density at radius 1 is 0.913 bits per heavy atom. The first kappa shape index (κ1) is 12.6. The molecule has 1 N–H and O–H groups in total. The second-order valence-corrected chi connectivity index (χ2v) is 6.07. The van der Waals surface area contributed by atoms with Crippen LogP contribution in [0.15, 0.2) is 65.0 Å². The van der Waals surface area contributed by atoms with Gasteiger partial charge in [0.05, 0.1) is 22.1 Å². The van der Waals surface area contributed by atoms with Crippen LogP contribution in [0.3, 0.4) is 0 Å². The summed E-state index contributed by atoms with van der Waals surface area (Å²) in [5.74, 6) is 0. The molecular weight excluding hydrogens is 308 g/mol. The summed E-state index contributed by atoms with van der Waals surface area (Å²) in [6.07, 6.45) is 1.71. The van der Waals surface area contributed by atoms with E-state index in [0.717, 1.165) is 37.9 Å². The summed E-state index contributed by atoms with van der Waals surface area (Å²) in [7, 11) is 0. The highest BCUT2D eigenvalue weighted by atomic mass is 32.2. The lowest BCUT2D eigenvalue weighted by Gasteiger charge is -2.04. The molecule has 0 atom stereocenters. The Kier molecular flexibility index (Phi) is 2.62. The van der Waals surface area contributed by atoms with Crippen molar-refractivity contribution < 1.29 is 0 Å². The average molecular weight is 318 g/mol. The SMILES string of the molecule is c1ccc2[nH]c(Sc3nc4ccccc4n4cnnc34)nc2c1. The lowest BCUT2D eigenvalue weighted by atomic mass is 10.3. The summed E-state index contributed by atoms with van der Waals surface area (Å²) in [5.41, 5.74) is 4.57. The molecule has 0 saturated heterocycles. The summed E-state index contributed by atoms with van der Waals surface area (Å²) < 4.78 is 1.95. The van der Waals surface area contributed by atoms with Crippen LogP contribution in [0.4, 0.5) is 0 Å². The molecule has 0 radical (unpaired) electrons. The van der Waals surface area contributed by atoms with E-state index in [9.17, 15) is 0 Å². The third-order valence-corrected chi connectivity index (χ3v) is 4.52. The normalized spacial score (nSPS) is 11.7. The number of para-hydroxylation sites is 4. The summed E-state index contributed by atoms with van der Waals surface area (Å²) in [4.78, 5) is 12.6. The summed E-state index contributed by atoms with van der Waals surface area (Å²) in [6.45, 7) is 0. The third kappa shape index (κ3) is 1.97. The lowest BCUT2D eigenvalue weighted by Crippen LogP contribution is -1.94. The molecule has 0 aliphatic heterocycles. The highest BCUT2D eigenvalue weighted by Gasteiger charge is 2.13. The molecular formula is C16H10N6S. The predicted molar refractivity (Wildman–Crippen MR) is 88.5 cm³/mol. The zero-order valence-electron chi connectivity index (χ0n) is 11.8. The van der Waals surface area contributed by atoms with Crippen LogP contribution in [0.1, 0.15) is 0 Å². The molecule has 0 spiro atoms. The van der Waals surface area contributed by atoms with Crippen molar-refractivity contribution in [3.63, 3.8) is 0 Å². The Morgan fingerprint density at radius 3 is 2.65 bits per heavy atom. The number of benzene rings is 2. The van der Waals surface area contributed by atoms with E-state index < -0.39 is 0 Å². The molecule has 0 amide bonds. The van der Waals surface area contributed by atoms with Gasteiger partial charge in [0, 0.05) is 0 Å². The first-order valence-corrected chi connectivity index (χ1v) is 7.91. The molecule has 23 heavy (non-hydrogen) atoms. The predicted octanol–water partition coefficient (Wildman–Crippen LogP) is 3.31. The first-order valence-electron chi connectivity index (χ1n) is 7.09. The fraction of sp³-hybridized carbons (Fsp3) is 0. The highest BCUT2D eigenvalue weighted by Crippen LogP contribution is 2.30. The number of hydrogen-bond donors (Lipinski definition) is 1. The van der Waals surface area contributed by atoms with Crippen molar-refractivity contribution in [2.75, 3.05) is 0 Å². The van der Waals surface area contributed by atoms with E-state index in [2.05, 4.69) is 20.2 Å². The van der Waals surface area contributed by atoms with Crippen LogP contribution in [-0.4, -0.2) is 29.5 Å². The topological polar surface area (TPSA) is 71.8 Å². The largest absolute Gasteiger partial charge is 0.333 e. The van der Waals surface area contributed by atoms with Gasteiger partial charge in [0.15, 0.2) is 10.8 Å². The van der Waals surface area contributed by atoms with Crippen LogP contribution in [0.5, 0.6) is 0 Å². The smallest absolute Gasteiger partial charge is 0.194 e. The maximum atomic E-state index is 4.72. The third-order valence-electron chi connectivity index (χ3n) is 3.66. The fourth-order valence-electron chi connectivity index (χ4n) is 2.62. The minimum absolute atomic E-state index is 0.731.